The summed E-state index contributed by atoms with van der Waals surface area (Å²) in [7, 11) is 1.54. The van der Waals surface area contributed by atoms with Gasteiger partial charge in [-0.3, -0.25) is 14.3 Å². The summed E-state index contributed by atoms with van der Waals surface area (Å²) in [6.45, 7) is 9.09. The van der Waals surface area contributed by atoms with Gasteiger partial charge in [0.15, 0.2) is 0 Å². The predicted octanol–water partition coefficient (Wildman–Crippen LogP) is 4.40. The summed E-state index contributed by atoms with van der Waals surface area (Å²) in [4.78, 5) is 26.8. The summed E-state index contributed by atoms with van der Waals surface area (Å²) in [6.07, 6.45) is 3.85. The van der Waals surface area contributed by atoms with Crippen molar-refractivity contribution in [3.05, 3.63) is 46.8 Å². The van der Waals surface area contributed by atoms with Crippen molar-refractivity contribution < 1.29 is 14.3 Å². The van der Waals surface area contributed by atoms with Crippen LogP contribution in [0.2, 0.25) is 5.15 Å². The number of rotatable bonds is 10. The van der Waals surface area contributed by atoms with Crippen LogP contribution in [-0.2, 0) is 16.1 Å². The summed E-state index contributed by atoms with van der Waals surface area (Å²) in [5.74, 6) is 0.410. The molecule has 0 bridgehead atoms. The van der Waals surface area contributed by atoms with Gasteiger partial charge >= 0.3 is 0 Å². The van der Waals surface area contributed by atoms with Crippen LogP contribution in [0.25, 0.3) is 6.08 Å². The molecule has 1 heterocycles. The van der Waals surface area contributed by atoms with E-state index < -0.39 is 0 Å². The molecule has 0 saturated heterocycles. The highest BCUT2D eigenvalue weighted by Gasteiger charge is 2.17. The van der Waals surface area contributed by atoms with Crippen LogP contribution < -0.4 is 10.1 Å². The topological polar surface area (TPSA) is 76.5 Å². The minimum atomic E-state index is -0.293. The van der Waals surface area contributed by atoms with Gasteiger partial charge in [0.05, 0.1) is 18.5 Å². The molecule has 7 nitrogen and oxygen atoms in total. The minimum absolute atomic E-state index is 0.0611. The average molecular weight is 447 g/mol. The Morgan fingerprint density at radius 1 is 1.32 bits per heavy atom. The summed E-state index contributed by atoms with van der Waals surface area (Å²) >= 11 is 6.45. The maximum atomic E-state index is 12.8. The van der Waals surface area contributed by atoms with Crippen molar-refractivity contribution in [2.24, 2.45) is 5.92 Å². The second kappa shape index (κ2) is 11.6. The second-order valence-corrected chi connectivity index (χ2v) is 8.07. The zero-order valence-electron chi connectivity index (χ0n) is 18.8. The molecule has 0 aliphatic carbocycles. The first-order valence-corrected chi connectivity index (χ1v) is 10.8. The van der Waals surface area contributed by atoms with Crippen LogP contribution in [0.4, 0.5) is 5.69 Å². The monoisotopic (exact) mass is 446 g/mol. The maximum absolute atomic E-state index is 12.8. The molecule has 0 saturated carbocycles. The molecule has 31 heavy (non-hydrogen) atoms. The summed E-state index contributed by atoms with van der Waals surface area (Å²) in [5.41, 5.74) is 2.03. The Morgan fingerprint density at radius 2 is 2.03 bits per heavy atom. The zero-order valence-corrected chi connectivity index (χ0v) is 19.6. The molecule has 0 aliphatic heterocycles. The number of hydrogen-bond donors (Lipinski definition) is 1. The molecule has 0 unspecified atom stereocenters. The number of carbonyl (C=O) groups is 2. The molecule has 1 N–H and O–H groups in total. The van der Waals surface area contributed by atoms with Gasteiger partial charge in [-0.1, -0.05) is 44.5 Å². The number of benzene rings is 1. The second-order valence-electron chi connectivity index (χ2n) is 7.71. The summed E-state index contributed by atoms with van der Waals surface area (Å²) in [6, 6.07) is 7.14. The lowest BCUT2D eigenvalue weighted by molar-refractivity contribution is -0.130. The van der Waals surface area contributed by atoms with Gasteiger partial charge in [-0.25, -0.2) is 0 Å². The van der Waals surface area contributed by atoms with Crippen molar-refractivity contribution in [3.63, 3.8) is 0 Å². The fourth-order valence-electron chi connectivity index (χ4n) is 3.13. The maximum Gasteiger partial charge on any atom is 0.247 e. The van der Waals surface area contributed by atoms with Crippen LogP contribution in [0.15, 0.2) is 30.3 Å². The van der Waals surface area contributed by atoms with Gasteiger partial charge in [0, 0.05) is 24.7 Å². The third-order valence-electron chi connectivity index (χ3n) is 4.56. The predicted molar refractivity (Wildman–Crippen MR) is 124 cm³/mol. The van der Waals surface area contributed by atoms with E-state index in [1.165, 1.54) is 11.0 Å². The molecule has 0 radical (unpaired) electrons. The Labute approximate surface area is 189 Å². The fourth-order valence-corrected chi connectivity index (χ4v) is 3.44. The summed E-state index contributed by atoms with van der Waals surface area (Å²) in [5, 5.41) is 7.76. The lowest BCUT2D eigenvalue weighted by atomic mass is 10.2. The van der Waals surface area contributed by atoms with Gasteiger partial charge in [-0.2, -0.15) is 5.10 Å². The Balaban J connectivity index is 2.10. The molecule has 2 amide bonds. The van der Waals surface area contributed by atoms with E-state index in [4.69, 9.17) is 16.3 Å². The molecular weight excluding hydrogens is 416 g/mol. The standard InChI is InChI=1S/C23H31ClN4O3/c1-6-13-27(15-21(29)25-19-9-7-8-10-20(19)31-5)22(30)12-11-18-17(4)26-28(23(18)24)14-16(2)3/h7-12,16H,6,13-15H2,1-5H3,(H,25,29). The molecule has 0 atom stereocenters. The van der Waals surface area contributed by atoms with Gasteiger partial charge in [0.2, 0.25) is 11.8 Å². The number of halogens is 1. The Hall–Kier alpha value is -2.80. The first-order chi connectivity index (χ1) is 14.8. The van der Waals surface area contributed by atoms with E-state index in [1.807, 2.05) is 19.9 Å². The van der Waals surface area contributed by atoms with Gasteiger partial charge < -0.3 is 15.0 Å². The zero-order chi connectivity index (χ0) is 23.0. The minimum Gasteiger partial charge on any atom is -0.495 e. The van der Waals surface area contributed by atoms with Crippen molar-refractivity contribution in [1.29, 1.82) is 0 Å². The van der Waals surface area contributed by atoms with Crippen LogP contribution in [-0.4, -0.2) is 46.7 Å². The number of carbonyl (C=O) groups excluding carboxylic acids is 2. The Bertz CT molecular complexity index is 937. The lowest BCUT2D eigenvalue weighted by Gasteiger charge is -2.20. The molecule has 0 fully saturated rings. The van der Waals surface area contributed by atoms with Gasteiger partial charge in [0.1, 0.15) is 17.4 Å². The third kappa shape index (κ3) is 6.85. The molecule has 1 aromatic carbocycles. The highest BCUT2D eigenvalue weighted by Crippen LogP contribution is 2.23. The van der Waals surface area contributed by atoms with Crippen LogP contribution in [0, 0.1) is 12.8 Å². The average Bonchev–Trinajstić information content (AvgIpc) is 2.98. The van der Waals surface area contributed by atoms with E-state index in [0.717, 1.165) is 12.1 Å². The highest BCUT2D eigenvalue weighted by molar-refractivity contribution is 6.31. The Kier molecular flexibility index (Phi) is 9.12. The molecule has 0 aliphatic rings. The van der Waals surface area contributed by atoms with E-state index in [1.54, 1.807) is 36.1 Å². The third-order valence-corrected chi connectivity index (χ3v) is 4.96. The molecule has 2 rings (SSSR count). The first-order valence-electron chi connectivity index (χ1n) is 10.4. The molecular formula is C23H31ClN4O3. The quantitative estimate of drug-likeness (QED) is 0.549. The largest absolute Gasteiger partial charge is 0.495 e. The van der Waals surface area contributed by atoms with E-state index in [0.29, 0.717) is 41.2 Å². The van der Waals surface area contributed by atoms with Crippen molar-refractivity contribution in [2.45, 2.75) is 40.7 Å². The van der Waals surface area contributed by atoms with Crippen molar-refractivity contribution in [3.8, 4) is 5.75 Å². The van der Waals surface area contributed by atoms with E-state index in [-0.39, 0.29) is 18.4 Å². The van der Waals surface area contributed by atoms with E-state index in [9.17, 15) is 9.59 Å². The number of anilines is 1. The number of para-hydroxylation sites is 2. The van der Waals surface area contributed by atoms with Crippen LogP contribution in [0.3, 0.4) is 0 Å². The number of ether oxygens (including phenoxy) is 1. The lowest BCUT2D eigenvalue weighted by Crippen LogP contribution is -2.37. The summed E-state index contributed by atoms with van der Waals surface area (Å²) < 4.78 is 7.00. The molecule has 8 heteroatoms. The van der Waals surface area contributed by atoms with Crippen molar-refractivity contribution in [1.82, 2.24) is 14.7 Å². The number of aryl methyl sites for hydroxylation is 1. The smallest absolute Gasteiger partial charge is 0.247 e. The number of methoxy groups -OCH3 is 1. The number of hydrogen-bond acceptors (Lipinski definition) is 4. The normalized spacial score (nSPS) is 11.2. The van der Waals surface area contributed by atoms with Crippen molar-refractivity contribution >= 4 is 35.2 Å². The SMILES string of the molecule is CCCN(CC(=O)Nc1ccccc1OC)C(=O)C=Cc1c(C)nn(CC(C)C)c1Cl. The van der Waals surface area contributed by atoms with E-state index >= 15 is 0 Å². The van der Waals surface area contributed by atoms with Gasteiger partial charge in [-0.05, 0) is 37.5 Å². The first kappa shape index (κ1) is 24.5. The van der Waals surface area contributed by atoms with Crippen LogP contribution in [0.5, 0.6) is 5.75 Å². The highest BCUT2D eigenvalue weighted by atomic mass is 35.5. The molecule has 168 valence electrons. The van der Waals surface area contributed by atoms with Gasteiger partial charge in [0.25, 0.3) is 0 Å². The van der Waals surface area contributed by atoms with Gasteiger partial charge in [-0.15, -0.1) is 0 Å². The van der Waals surface area contributed by atoms with Crippen LogP contribution >= 0.6 is 11.6 Å². The van der Waals surface area contributed by atoms with Crippen molar-refractivity contribution in [2.75, 3.05) is 25.5 Å². The Morgan fingerprint density at radius 3 is 2.68 bits per heavy atom. The number of amides is 2. The van der Waals surface area contributed by atoms with Crippen LogP contribution in [0.1, 0.15) is 38.4 Å². The molecule has 0 spiro atoms. The van der Waals surface area contributed by atoms with E-state index in [2.05, 4.69) is 24.3 Å². The number of nitrogens with one attached hydrogen (secondary N) is 1. The fraction of sp³-hybridized carbons (Fsp3) is 0.435. The molecule has 1 aromatic heterocycles. The number of aromatic nitrogens is 2. The molecule has 2 aromatic rings. The number of nitrogens with zero attached hydrogens (tertiary/aromatic N) is 3.